The normalized spacial score (nSPS) is 21.0. The van der Waals surface area contributed by atoms with Crippen molar-refractivity contribution in [3.8, 4) is 11.5 Å². The van der Waals surface area contributed by atoms with Crippen molar-refractivity contribution in [3.63, 3.8) is 0 Å². The third-order valence-electron chi connectivity index (χ3n) is 5.45. The Balaban J connectivity index is 1.88. The molecule has 0 amide bonds. The molecule has 1 aliphatic carbocycles. The molecular formula is C22H26N2O3. The third kappa shape index (κ3) is 3.38. The lowest BCUT2D eigenvalue weighted by Gasteiger charge is -2.35. The van der Waals surface area contributed by atoms with Crippen LogP contribution in [0.5, 0.6) is 11.5 Å². The fraction of sp³-hybridized carbons (Fsp3) is 0.455. The number of benzene rings is 1. The Hall–Kier alpha value is -2.56. The predicted molar refractivity (Wildman–Crippen MR) is 106 cm³/mol. The highest BCUT2D eigenvalue weighted by Crippen LogP contribution is 2.44. The second-order valence-corrected chi connectivity index (χ2v) is 7.13. The summed E-state index contributed by atoms with van der Waals surface area (Å²) in [6, 6.07) is 7.93. The Morgan fingerprint density at radius 1 is 1.07 bits per heavy atom. The van der Waals surface area contributed by atoms with E-state index in [2.05, 4.69) is 17.1 Å². The minimum absolute atomic E-state index is 0.104. The van der Waals surface area contributed by atoms with Crippen LogP contribution >= 0.6 is 0 Å². The van der Waals surface area contributed by atoms with E-state index in [1.54, 1.807) is 12.3 Å². The summed E-state index contributed by atoms with van der Waals surface area (Å²) in [4.78, 5) is 19.4. The van der Waals surface area contributed by atoms with Crippen LogP contribution in [0.1, 0.15) is 62.1 Å². The first-order chi connectivity index (χ1) is 13.2. The molecule has 5 nitrogen and oxygen atoms in total. The van der Waals surface area contributed by atoms with E-state index in [9.17, 15) is 4.79 Å². The smallest absolute Gasteiger partial charge is 0.247 e. The maximum absolute atomic E-state index is 11.5. The molecule has 1 saturated carbocycles. The number of H-pyrrole nitrogens is 1. The molecule has 0 spiro atoms. The van der Waals surface area contributed by atoms with E-state index in [4.69, 9.17) is 14.5 Å². The average molecular weight is 366 g/mol. The predicted octanol–water partition coefficient (Wildman–Crippen LogP) is 4.05. The fourth-order valence-corrected chi connectivity index (χ4v) is 4.28. The van der Waals surface area contributed by atoms with E-state index < -0.39 is 0 Å². The Bertz CT molecular complexity index is 896. The van der Waals surface area contributed by atoms with Crippen molar-refractivity contribution < 1.29 is 9.47 Å². The molecular weight excluding hydrogens is 340 g/mol. The van der Waals surface area contributed by atoms with Crippen molar-refractivity contribution in [1.29, 1.82) is 0 Å². The number of hydrogen-bond acceptors (Lipinski definition) is 4. The first-order valence-electron chi connectivity index (χ1n) is 9.92. The molecule has 0 bridgehead atoms. The monoisotopic (exact) mass is 366 g/mol. The van der Waals surface area contributed by atoms with Crippen LogP contribution in [-0.4, -0.2) is 30.0 Å². The van der Waals surface area contributed by atoms with Crippen LogP contribution in [0.15, 0.2) is 40.2 Å². The highest BCUT2D eigenvalue weighted by atomic mass is 16.5. The average Bonchev–Trinajstić information content (AvgIpc) is 2.69. The fourth-order valence-electron chi connectivity index (χ4n) is 4.28. The van der Waals surface area contributed by atoms with E-state index in [0.717, 1.165) is 41.2 Å². The molecule has 2 heterocycles. The third-order valence-corrected chi connectivity index (χ3v) is 5.45. The van der Waals surface area contributed by atoms with Crippen LogP contribution in [0.25, 0.3) is 0 Å². The largest absolute Gasteiger partial charge is 0.490 e. The summed E-state index contributed by atoms with van der Waals surface area (Å²) in [6.07, 6.45) is 6.47. The molecule has 1 N–H and O–H groups in total. The molecule has 27 heavy (non-hydrogen) atoms. The summed E-state index contributed by atoms with van der Waals surface area (Å²) < 4.78 is 11.7. The number of aliphatic imine (C=N–C) groups is 1. The standard InChI is InChI=1S/C22H26N2O3/c1-3-26-19-11-16-15-7-5-6-8-18(15)24-22(14-9-10-21(25)23-13-14)17(16)12-20(19)27-4-2/h9-13,15,18H,3-8H2,1-2H3,(H,23,25)/t15-,18-/m1/s1. The minimum Gasteiger partial charge on any atom is -0.490 e. The van der Waals surface area contributed by atoms with Gasteiger partial charge in [0.15, 0.2) is 11.5 Å². The topological polar surface area (TPSA) is 63.7 Å². The molecule has 0 saturated heterocycles. The van der Waals surface area contributed by atoms with Gasteiger partial charge in [-0.3, -0.25) is 9.79 Å². The first kappa shape index (κ1) is 17.8. The van der Waals surface area contributed by atoms with Crippen LogP contribution in [0, 0.1) is 0 Å². The molecule has 142 valence electrons. The number of nitrogens with zero attached hydrogens (tertiary/aromatic N) is 1. The van der Waals surface area contributed by atoms with Crippen LogP contribution in [0.4, 0.5) is 0 Å². The van der Waals surface area contributed by atoms with E-state index in [1.807, 2.05) is 19.9 Å². The zero-order valence-corrected chi connectivity index (χ0v) is 16.0. The molecule has 4 rings (SSSR count). The summed E-state index contributed by atoms with van der Waals surface area (Å²) in [5.41, 5.74) is 4.16. The number of rotatable bonds is 5. The van der Waals surface area contributed by atoms with Crippen molar-refractivity contribution >= 4 is 5.71 Å². The van der Waals surface area contributed by atoms with Crippen molar-refractivity contribution in [3.05, 3.63) is 57.5 Å². The lowest BCUT2D eigenvalue weighted by molar-refractivity contribution is 0.286. The maximum atomic E-state index is 11.5. The van der Waals surface area contributed by atoms with Gasteiger partial charge in [0, 0.05) is 29.3 Å². The van der Waals surface area contributed by atoms with Crippen molar-refractivity contribution in [2.24, 2.45) is 4.99 Å². The number of nitrogens with one attached hydrogen (secondary N) is 1. The second kappa shape index (κ2) is 7.59. The Labute approximate surface area is 159 Å². The van der Waals surface area contributed by atoms with Gasteiger partial charge in [0.05, 0.1) is 25.0 Å². The second-order valence-electron chi connectivity index (χ2n) is 7.13. The van der Waals surface area contributed by atoms with E-state index in [1.165, 1.54) is 18.4 Å². The minimum atomic E-state index is -0.104. The summed E-state index contributed by atoms with van der Waals surface area (Å²) in [5.74, 6) is 1.99. The molecule has 1 aliphatic heterocycles. The Kier molecular flexibility index (Phi) is 5.01. The van der Waals surface area contributed by atoms with Gasteiger partial charge in [-0.05, 0) is 50.5 Å². The van der Waals surface area contributed by atoms with Gasteiger partial charge in [0.1, 0.15) is 0 Å². The summed E-state index contributed by atoms with van der Waals surface area (Å²) in [7, 11) is 0. The number of aromatic amines is 1. The molecule has 1 fully saturated rings. The number of pyridine rings is 1. The van der Waals surface area contributed by atoms with Crippen LogP contribution in [0.3, 0.4) is 0 Å². The van der Waals surface area contributed by atoms with Gasteiger partial charge < -0.3 is 14.5 Å². The van der Waals surface area contributed by atoms with Gasteiger partial charge in [-0.25, -0.2) is 0 Å². The van der Waals surface area contributed by atoms with Crippen molar-refractivity contribution in [2.75, 3.05) is 13.2 Å². The molecule has 2 atom stereocenters. The first-order valence-corrected chi connectivity index (χ1v) is 9.92. The molecule has 0 radical (unpaired) electrons. The highest BCUT2D eigenvalue weighted by Gasteiger charge is 2.34. The van der Waals surface area contributed by atoms with E-state index in [0.29, 0.717) is 25.2 Å². The number of aromatic nitrogens is 1. The summed E-state index contributed by atoms with van der Waals surface area (Å²) in [6.45, 7) is 5.15. The number of fused-ring (bicyclic) bond motifs is 3. The van der Waals surface area contributed by atoms with Crippen molar-refractivity contribution in [2.45, 2.75) is 51.5 Å². The molecule has 0 unspecified atom stereocenters. The molecule has 2 aliphatic rings. The van der Waals surface area contributed by atoms with Gasteiger partial charge in [0.25, 0.3) is 0 Å². The van der Waals surface area contributed by atoms with Crippen LogP contribution in [-0.2, 0) is 0 Å². The van der Waals surface area contributed by atoms with Gasteiger partial charge in [0.2, 0.25) is 5.56 Å². The summed E-state index contributed by atoms with van der Waals surface area (Å²) >= 11 is 0. The molecule has 1 aromatic carbocycles. The van der Waals surface area contributed by atoms with Gasteiger partial charge in [-0.1, -0.05) is 12.8 Å². The van der Waals surface area contributed by atoms with Gasteiger partial charge >= 0.3 is 0 Å². The van der Waals surface area contributed by atoms with E-state index in [-0.39, 0.29) is 5.56 Å². The zero-order valence-electron chi connectivity index (χ0n) is 16.0. The molecule has 1 aromatic heterocycles. The zero-order chi connectivity index (χ0) is 18.8. The number of hydrogen-bond donors (Lipinski definition) is 1. The quantitative estimate of drug-likeness (QED) is 0.868. The van der Waals surface area contributed by atoms with Crippen LogP contribution in [0.2, 0.25) is 0 Å². The Morgan fingerprint density at radius 2 is 1.81 bits per heavy atom. The SMILES string of the molecule is CCOc1cc2c(cc1OCC)[C@H]1CCCC[C@H]1N=C2c1ccc(=O)[nH]c1. The number of ether oxygens (including phenoxy) is 2. The lowest BCUT2D eigenvalue weighted by atomic mass is 9.75. The lowest BCUT2D eigenvalue weighted by Crippen LogP contribution is -2.30. The molecule has 2 aromatic rings. The summed E-state index contributed by atoms with van der Waals surface area (Å²) in [5, 5.41) is 0. The van der Waals surface area contributed by atoms with Gasteiger partial charge in [-0.2, -0.15) is 0 Å². The highest BCUT2D eigenvalue weighted by molar-refractivity contribution is 6.14. The maximum Gasteiger partial charge on any atom is 0.247 e. The van der Waals surface area contributed by atoms with Crippen molar-refractivity contribution in [1.82, 2.24) is 4.98 Å². The van der Waals surface area contributed by atoms with E-state index >= 15 is 0 Å². The Morgan fingerprint density at radius 3 is 2.52 bits per heavy atom. The molecule has 5 heteroatoms. The van der Waals surface area contributed by atoms with Gasteiger partial charge in [-0.15, -0.1) is 0 Å². The van der Waals surface area contributed by atoms with Crippen LogP contribution < -0.4 is 15.0 Å².